The van der Waals surface area contributed by atoms with Gasteiger partial charge in [0.2, 0.25) is 5.91 Å². The van der Waals surface area contributed by atoms with E-state index < -0.39 is 0 Å². The van der Waals surface area contributed by atoms with Gasteiger partial charge in [0.15, 0.2) is 0 Å². The Morgan fingerprint density at radius 1 is 1.12 bits per heavy atom. The van der Waals surface area contributed by atoms with Crippen LogP contribution in [0.25, 0.3) is 5.57 Å². The summed E-state index contributed by atoms with van der Waals surface area (Å²) in [6.45, 7) is 3.50. The summed E-state index contributed by atoms with van der Waals surface area (Å²) in [7, 11) is 0. The number of aromatic nitrogens is 1. The summed E-state index contributed by atoms with van der Waals surface area (Å²) < 4.78 is 12.2. The van der Waals surface area contributed by atoms with E-state index in [-0.39, 0.29) is 11.9 Å². The van der Waals surface area contributed by atoms with E-state index in [0.717, 1.165) is 53.4 Å². The van der Waals surface area contributed by atoms with Crippen molar-refractivity contribution in [3.8, 4) is 5.75 Å². The van der Waals surface area contributed by atoms with Crippen LogP contribution in [0.15, 0.2) is 109 Å². The summed E-state index contributed by atoms with van der Waals surface area (Å²) in [5.74, 6) is 2.97. The molecule has 1 amide bonds. The molecule has 1 unspecified atom stereocenters. The number of nitrogens with zero attached hydrogens (tertiary/aromatic N) is 1. The van der Waals surface area contributed by atoms with Crippen LogP contribution in [-0.4, -0.2) is 16.9 Å². The van der Waals surface area contributed by atoms with Crippen molar-refractivity contribution in [1.29, 1.82) is 0 Å². The van der Waals surface area contributed by atoms with Crippen molar-refractivity contribution in [1.82, 2.24) is 10.3 Å². The first-order chi connectivity index (χ1) is 15.7. The normalized spacial score (nSPS) is 19.7. The van der Waals surface area contributed by atoms with Crippen molar-refractivity contribution in [3.63, 3.8) is 0 Å². The fourth-order valence-electron chi connectivity index (χ4n) is 3.60. The SMILES string of the molecule is C=CC(=O)NC1C=CC=C(Oc2ccncc2C2=CC=C(OC3=CCCC=C3)C=CC2)C1. The van der Waals surface area contributed by atoms with E-state index in [4.69, 9.17) is 9.47 Å². The Labute approximate surface area is 188 Å². The van der Waals surface area contributed by atoms with Gasteiger partial charge in [-0.3, -0.25) is 9.78 Å². The third-order valence-electron chi connectivity index (χ3n) is 5.19. The fourth-order valence-corrected chi connectivity index (χ4v) is 3.60. The second-order valence-electron chi connectivity index (χ2n) is 7.57. The van der Waals surface area contributed by atoms with Gasteiger partial charge in [0, 0.05) is 24.4 Å². The molecule has 162 valence electrons. The highest BCUT2D eigenvalue weighted by atomic mass is 16.5. The van der Waals surface area contributed by atoms with Gasteiger partial charge in [-0.25, -0.2) is 0 Å². The molecule has 0 fully saturated rings. The van der Waals surface area contributed by atoms with Crippen LogP contribution in [0.4, 0.5) is 0 Å². The Morgan fingerprint density at radius 2 is 2.03 bits per heavy atom. The van der Waals surface area contributed by atoms with Crippen LogP contribution < -0.4 is 10.1 Å². The van der Waals surface area contributed by atoms with Gasteiger partial charge in [0.25, 0.3) is 0 Å². The number of rotatable bonds is 7. The minimum atomic E-state index is -0.204. The number of hydrogen-bond acceptors (Lipinski definition) is 4. The standard InChI is InChI=1S/C27H26N2O3/c1-2-27(30)29-21-9-7-13-24(18-21)32-26-16-17-28-19-25(26)20-8-6-12-23(15-14-20)31-22-10-4-3-5-11-22/h2,4,6-7,9-17,19,21H,1,3,5,8,18H2,(H,29,30). The van der Waals surface area contributed by atoms with Crippen molar-refractivity contribution >= 4 is 11.5 Å². The van der Waals surface area contributed by atoms with Crippen molar-refractivity contribution in [3.05, 3.63) is 115 Å². The molecule has 1 aromatic rings. The predicted octanol–water partition coefficient (Wildman–Crippen LogP) is 5.45. The highest BCUT2D eigenvalue weighted by Gasteiger charge is 2.17. The summed E-state index contributed by atoms with van der Waals surface area (Å²) in [6, 6.07) is 1.73. The topological polar surface area (TPSA) is 60.5 Å². The number of amides is 1. The van der Waals surface area contributed by atoms with Crippen LogP contribution >= 0.6 is 0 Å². The molecule has 32 heavy (non-hydrogen) atoms. The van der Waals surface area contributed by atoms with Gasteiger partial charge in [-0.05, 0) is 67.4 Å². The van der Waals surface area contributed by atoms with E-state index >= 15 is 0 Å². The molecule has 0 aliphatic heterocycles. The molecular weight excluding hydrogens is 400 g/mol. The van der Waals surface area contributed by atoms with Crippen molar-refractivity contribution in [2.45, 2.75) is 31.7 Å². The van der Waals surface area contributed by atoms with Crippen molar-refractivity contribution in [2.75, 3.05) is 0 Å². The van der Waals surface area contributed by atoms with E-state index in [1.54, 1.807) is 6.20 Å². The fraction of sp³-hybridized carbons (Fsp3) is 0.185. The molecule has 0 saturated carbocycles. The quantitative estimate of drug-likeness (QED) is 0.589. The Balaban J connectivity index is 1.49. The van der Waals surface area contributed by atoms with Crippen molar-refractivity contribution < 1.29 is 14.3 Å². The van der Waals surface area contributed by atoms with Gasteiger partial charge in [0.1, 0.15) is 23.0 Å². The number of nitrogens with one attached hydrogen (secondary N) is 1. The maximum Gasteiger partial charge on any atom is 0.243 e. The second kappa shape index (κ2) is 10.4. The minimum absolute atomic E-state index is 0.128. The smallest absolute Gasteiger partial charge is 0.243 e. The molecule has 0 aromatic carbocycles. The summed E-state index contributed by atoms with van der Waals surface area (Å²) >= 11 is 0. The average Bonchev–Trinajstić information content (AvgIpc) is 3.06. The monoisotopic (exact) mass is 426 g/mol. The molecule has 1 aromatic heterocycles. The van der Waals surface area contributed by atoms with Crippen LogP contribution in [0.1, 0.15) is 31.2 Å². The number of pyridine rings is 1. The highest BCUT2D eigenvalue weighted by molar-refractivity contribution is 5.87. The number of ether oxygens (including phenoxy) is 2. The van der Waals surface area contributed by atoms with Gasteiger partial charge in [-0.1, -0.05) is 37.0 Å². The minimum Gasteiger partial charge on any atom is -0.461 e. The summed E-state index contributed by atoms with van der Waals surface area (Å²) in [5, 5.41) is 2.88. The van der Waals surface area contributed by atoms with Gasteiger partial charge in [-0.2, -0.15) is 0 Å². The Bertz CT molecular complexity index is 1100. The van der Waals surface area contributed by atoms with Crippen LogP contribution in [0.2, 0.25) is 0 Å². The molecule has 4 rings (SSSR count). The van der Waals surface area contributed by atoms with Gasteiger partial charge < -0.3 is 14.8 Å². The molecular formula is C27H26N2O3. The highest BCUT2D eigenvalue weighted by Crippen LogP contribution is 2.32. The van der Waals surface area contributed by atoms with E-state index in [1.165, 1.54) is 6.08 Å². The lowest BCUT2D eigenvalue weighted by molar-refractivity contribution is -0.116. The first kappa shape index (κ1) is 21.4. The number of allylic oxidation sites excluding steroid dienone is 10. The molecule has 0 spiro atoms. The Hall–Kier alpha value is -3.86. The third kappa shape index (κ3) is 5.64. The van der Waals surface area contributed by atoms with Gasteiger partial charge >= 0.3 is 0 Å². The average molecular weight is 427 g/mol. The molecule has 1 heterocycles. The molecule has 5 heteroatoms. The van der Waals surface area contributed by atoms with Crippen LogP contribution in [0.3, 0.4) is 0 Å². The lowest BCUT2D eigenvalue weighted by Crippen LogP contribution is -2.33. The van der Waals surface area contributed by atoms with Crippen LogP contribution in [0.5, 0.6) is 5.75 Å². The van der Waals surface area contributed by atoms with Gasteiger partial charge in [0.05, 0.1) is 6.04 Å². The largest absolute Gasteiger partial charge is 0.461 e. The van der Waals surface area contributed by atoms with Crippen LogP contribution in [-0.2, 0) is 9.53 Å². The maximum absolute atomic E-state index is 11.6. The van der Waals surface area contributed by atoms with Crippen molar-refractivity contribution in [2.24, 2.45) is 0 Å². The second-order valence-corrected chi connectivity index (χ2v) is 7.57. The maximum atomic E-state index is 11.6. The first-order valence-electron chi connectivity index (χ1n) is 10.8. The Morgan fingerprint density at radius 3 is 2.88 bits per heavy atom. The zero-order valence-electron chi connectivity index (χ0n) is 17.9. The molecule has 0 bridgehead atoms. The molecule has 3 aliphatic carbocycles. The molecule has 0 radical (unpaired) electrons. The molecule has 0 saturated heterocycles. The van der Waals surface area contributed by atoms with Crippen LogP contribution in [0, 0.1) is 0 Å². The molecule has 1 atom stereocenters. The summed E-state index contributed by atoms with van der Waals surface area (Å²) in [4.78, 5) is 15.9. The van der Waals surface area contributed by atoms with E-state index in [9.17, 15) is 4.79 Å². The number of hydrogen-bond donors (Lipinski definition) is 1. The van der Waals surface area contributed by atoms with E-state index in [2.05, 4.69) is 41.2 Å². The third-order valence-corrected chi connectivity index (χ3v) is 5.19. The number of carbonyl (C=O) groups is 1. The molecule has 1 N–H and O–H groups in total. The molecule has 3 aliphatic rings. The zero-order valence-corrected chi connectivity index (χ0v) is 17.9. The van der Waals surface area contributed by atoms with E-state index in [1.807, 2.05) is 48.7 Å². The zero-order chi connectivity index (χ0) is 22.2. The predicted molar refractivity (Wildman–Crippen MR) is 126 cm³/mol. The molecule has 5 nitrogen and oxygen atoms in total. The van der Waals surface area contributed by atoms with Gasteiger partial charge in [-0.15, -0.1) is 0 Å². The Kier molecular flexibility index (Phi) is 6.98. The first-order valence-corrected chi connectivity index (χ1v) is 10.8. The lowest BCUT2D eigenvalue weighted by Gasteiger charge is -2.21. The number of carbonyl (C=O) groups excluding carboxylic acids is 1. The lowest BCUT2D eigenvalue weighted by atomic mass is 10.0. The van der Waals surface area contributed by atoms with E-state index in [0.29, 0.717) is 6.42 Å². The summed E-state index contributed by atoms with van der Waals surface area (Å²) in [6.07, 6.45) is 28.2. The summed E-state index contributed by atoms with van der Waals surface area (Å²) in [5.41, 5.74) is 2.01.